The molecule has 5 nitrogen and oxygen atoms in total. The quantitative estimate of drug-likeness (QED) is 0.778. The molecule has 0 fully saturated rings. The Morgan fingerprint density at radius 3 is 2.81 bits per heavy atom. The summed E-state index contributed by atoms with van der Waals surface area (Å²) in [6.45, 7) is 0.293. The number of pyridine rings is 1. The van der Waals surface area contributed by atoms with Crippen molar-refractivity contribution in [1.29, 1.82) is 0 Å². The van der Waals surface area contributed by atoms with Gasteiger partial charge in [-0.15, -0.1) is 6.42 Å². The zero-order valence-electron chi connectivity index (χ0n) is 9.02. The van der Waals surface area contributed by atoms with Crippen LogP contribution in [0.2, 0.25) is 0 Å². The van der Waals surface area contributed by atoms with Crippen LogP contribution in [0.3, 0.4) is 0 Å². The minimum absolute atomic E-state index is 0.107. The molecule has 0 aliphatic carbocycles. The third-order valence-electron chi connectivity index (χ3n) is 1.83. The minimum atomic E-state index is -3.28. The number of hydrogen-bond acceptors (Lipinski definition) is 5. The Balaban J connectivity index is 3.13. The maximum Gasteiger partial charge on any atom is 0.177 e. The van der Waals surface area contributed by atoms with Crippen molar-refractivity contribution in [2.75, 3.05) is 25.2 Å². The standard InChI is InChI=1S/C10H12N2O3S/c1-4-5-11-10-9(15-2)6-8(7-12-10)16(3,13)14/h1,6-7H,5H2,2-3H3,(H,11,12). The maximum absolute atomic E-state index is 11.3. The molecule has 0 aliphatic heterocycles. The number of nitrogens with one attached hydrogen (secondary N) is 1. The van der Waals surface area contributed by atoms with Crippen molar-refractivity contribution in [2.45, 2.75) is 4.90 Å². The Morgan fingerprint density at radius 1 is 1.62 bits per heavy atom. The van der Waals surface area contributed by atoms with Gasteiger partial charge in [-0.05, 0) is 0 Å². The third kappa shape index (κ3) is 2.87. The fourth-order valence-corrected chi connectivity index (χ4v) is 1.62. The number of hydrogen-bond donors (Lipinski definition) is 1. The summed E-state index contributed by atoms with van der Waals surface area (Å²) in [6, 6.07) is 1.40. The van der Waals surface area contributed by atoms with E-state index in [1.54, 1.807) is 0 Å². The average Bonchev–Trinajstić information content (AvgIpc) is 2.24. The summed E-state index contributed by atoms with van der Waals surface area (Å²) >= 11 is 0. The van der Waals surface area contributed by atoms with Gasteiger partial charge in [-0.1, -0.05) is 5.92 Å². The van der Waals surface area contributed by atoms with Crippen molar-refractivity contribution < 1.29 is 13.2 Å². The molecule has 0 saturated heterocycles. The van der Waals surface area contributed by atoms with Crippen LogP contribution < -0.4 is 10.1 Å². The first-order valence-electron chi connectivity index (χ1n) is 4.40. The first-order chi connectivity index (χ1) is 7.49. The fraction of sp³-hybridized carbons (Fsp3) is 0.300. The van der Waals surface area contributed by atoms with Crippen molar-refractivity contribution in [3.63, 3.8) is 0 Å². The third-order valence-corrected chi connectivity index (χ3v) is 2.91. The lowest BCUT2D eigenvalue weighted by molar-refractivity contribution is 0.413. The molecule has 0 aliphatic rings. The topological polar surface area (TPSA) is 68.3 Å². The second kappa shape index (κ2) is 4.86. The van der Waals surface area contributed by atoms with Gasteiger partial charge in [-0.3, -0.25) is 0 Å². The summed E-state index contributed by atoms with van der Waals surface area (Å²) < 4.78 is 27.6. The summed E-state index contributed by atoms with van der Waals surface area (Å²) in [5.41, 5.74) is 0. The van der Waals surface area contributed by atoms with Gasteiger partial charge in [-0.2, -0.15) is 0 Å². The summed E-state index contributed by atoms with van der Waals surface area (Å²) in [5, 5.41) is 2.83. The van der Waals surface area contributed by atoms with E-state index in [4.69, 9.17) is 11.2 Å². The van der Waals surface area contributed by atoms with E-state index >= 15 is 0 Å². The van der Waals surface area contributed by atoms with Crippen molar-refractivity contribution in [3.8, 4) is 18.1 Å². The molecule has 0 radical (unpaired) electrons. The molecule has 1 aromatic heterocycles. The molecule has 1 aromatic rings. The molecule has 6 heteroatoms. The lowest BCUT2D eigenvalue weighted by Gasteiger charge is -2.09. The van der Waals surface area contributed by atoms with E-state index in [0.29, 0.717) is 18.1 Å². The second-order valence-corrected chi connectivity index (χ2v) is 5.07. The molecule has 0 unspecified atom stereocenters. The number of sulfone groups is 1. The predicted molar refractivity (Wildman–Crippen MR) is 61.2 cm³/mol. The monoisotopic (exact) mass is 240 g/mol. The highest BCUT2D eigenvalue weighted by molar-refractivity contribution is 7.90. The lowest BCUT2D eigenvalue weighted by Crippen LogP contribution is -2.05. The number of anilines is 1. The van der Waals surface area contributed by atoms with E-state index in [1.807, 2.05) is 0 Å². The molecule has 1 heterocycles. The van der Waals surface area contributed by atoms with Crippen LogP contribution in [0.25, 0.3) is 0 Å². The highest BCUT2D eigenvalue weighted by Gasteiger charge is 2.12. The van der Waals surface area contributed by atoms with E-state index in [1.165, 1.54) is 19.4 Å². The van der Waals surface area contributed by atoms with Crippen LogP contribution in [-0.4, -0.2) is 33.3 Å². The van der Waals surface area contributed by atoms with Crippen LogP contribution >= 0.6 is 0 Å². The maximum atomic E-state index is 11.3. The molecule has 1 N–H and O–H groups in total. The number of aromatic nitrogens is 1. The fourth-order valence-electron chi connectivity index (χ4n) is 1.05. The van der Waals surface area contributed by atoms with Crippen LogP contribution in [0.4, 0.5) is 5.82 Å². The molecule has 0 saturated carbocycles. The average molecular weight is 240 g/mol. The Morgan fingerprint density at radius 2 is 2.31 bits per heavy atom. The normalized spacial score (nSPS) is 10.6. The Bertz CT molecular complexity index is 517. The van der Waals surface area contributed by atoms with Crippen molar-refractivity contribution in [1.82, 2.24) is 4.98 Å². The van der Waals surface area contributed by atoms with Gasteiger partial charge in [0.1, 0.15) is 0 Å². The van der Waals surface area contributed by atoms with Gasteiger partial charge < -0.3 is 10.1 Å². The van der Waals surface area contributed by atoms with E-state index in [0.717, 1.165) is 6.26 Å². The zero-order chi connectivity index (χ0) is 12.2. The van der Waals surface area contributed by atoms with Gasteiger partial charge in [0.25, 0.3) is 0 Å². The van der Waals surface area contributed by atoms with Gasteiger partial charge in [0.05, 0.1) is 18.6 Å². The molecule has 0 amide bonds. The van der Waals surface area contributed by atoms with Crippen LogP contribution in [-0.2, 0) is 9.84 Å². The predicted octanol–water partition coefficient (Wildman–Crippen LogP) is 0.539. The summed E-state index contributed by atoms with van der Waals surface area (Å²) in [7, 11) is -1.85. The largest absolute Gasteiger partial charge is 0.493 e. The van der Waals surface area contributed by atoms with Crippen LogP contribution in [0.5, 0.6) is 5.75 Å². The van der Waals surface area contributed by atoms with Crippen LogP contribution in [0, 0.1) is 12.3 Å². The number of terminal acetylenes is 1. The summed E-state index contributed by atoms with van der Waals surface area (Å²) in [5.74, 6) is 3.16. The molecule has 1 rings (SSSR count). The van der Waals surface area contributed by atoms with E-state index < -0.39 is 9.84 Å². The second-order valence-electron chi connectivity index (χ2n) is 3.05. The van der Waals surface area contributed by atoms with E-state index in [9.17, 15) is 8.42 Å². The van der Waals surface area contributed by atoms with Gasteiger partial charge in [-0.25, -0.2) is 13.4 Å². The van der Waals surface area contributed by atoms with Crippen molar-refractivity contribution in [2.24, 2.45) is 0 Å². The van der Waals surface area contributed by atoms with Crippen molar-refractivity contribution >= 4 is 15.7 Å². The highest BCUT2D eigenvalue weighted by atomic mass is 32.2. The molecular formula is C10H12N2O3S. The molecular weight excluding hydrogens is 228 g/mol. The summed E-state index contributed by atoms with van der Waals surface area (Å²) in [4.78, 5) is 4.05. The van der Waals surface area contributed by atoms with Gasteiger partial charge in [0.2, 0.25) is 0 Å². The van der Waals surface area contributed by atoms with Crippen LogP contribution in [0.1, 0.15) is 0 Å². The molecule has 16 heavy (non-hydrogen) atoms. The highest BCUT2D eigenvalue weighted by Crippen LogP contribution is 2.24. The molecule has 0 bridgehead atoms. The zero-order valence-corrected chi connectivity index (χ0v) is 9.84. The number of ether oxygens (including phenoxy) is 1. The smallest absolute Gasteiger partial charge is 0.177 e. The molecule has 0 spiro atoms. The van der Waals surface area contributed by atoms with Gasteiger partial charge in [0, 0.05) is 18.5 Å². The summed E-state index contributed by atoms with van der Waals surface area (Å²) in [6.07, 6.45) is 7.46. The number of rotatable bonds is 4. The number of nitrogens with zero attached hydrogens (tertiary/aromatic N) is 1. The van der Waals surface area contributed by atoms with Gasteiger partial charge in [0.15, 0.2) is 21.4 Å². The van der Waals surface area contributed by atoms with E-state index in [-0.39, 0.29) is 4.90 Å². The van der Waals surface area contributed by atoms with Crippen molar-refractivity contribution in [3.05, 3.63) is 12.3 Å². The molecule has 0 aromatic carbocycles. The van der Waals surface area contributed by atoms with Gasteiger partial charge >= 0.3 is 0 Å². The lowest BCUT2D eigenvalue weighted by atomic mass is 10.4. The number of methoxy groups -OCH3 is 1. The molecule has 0 atom stereocenters. The van der Waals surface area contributed by atoms with E-state index in [2.05, 4.69) is 16.2 Å². The first-order valence-corrected chi connectivity index (χ1v) is 6.29. The Kier molecular flexibility index (Phi) is 3.74. The SMILES string of the molecule is C#CCNc1ncc(S(C)(=O)=O)cc1OC. The Labute approximate surface area is 94.8 Å². The molecule has 86 valence electrons. The minimum Gasteiger partial charge on any atom is -0.493 e. The van der Waals surface area contributed by atoms with Crippen LogP contribution in [0.15, 0.2) is 17.2 Å². The first kappa shape index (κ1) is 12.3. The Hall–Kier alpha value is -1.74.